The Labute approximate surface area is 166 Å². The monoisotopic (exact) mass is 415 g/mol. The molecule has 4 nitrogen and oxygen atoms in total. The van der Waals surface area contributed by atoms with Gasteiger partial charge >= 0.3 is 0 Å². The third kappa shape index (κ3) is 4.25. The Morgan fingerprint density at radius 2 is 1.96 bits per heavy atom. The molecule has 26 heavy (non-hydrogen) atoms. The van der Waals surface area contributed by atoms with E-state index in [2.05, 4.69) is 20.8 Å². The Balaban J connectivity index is 1.66. The van der Waals surface area contributed by atoms with Crippen molar-refractivity contribution in [2.45, 2.75) is 37.8 Å². The van der Waals surface area contributed by atoms with Crippen molar-refractivity contribution in [3.63, 3.8) is 0 Å². The van der Waals surface area contributed by atoms with Crippen molar-refractivity contribution < 1.29 is 13.6 Å². The summed E-state index contributed by atoms with van der Waals surface area (Å²) in [5, 5.41) is 0. The fourth-order valence-electron chi connectivity index (χ4n) is 3.15. The van der Waals surface area contributed by atoms with Crippen LogP contribution in [0.3, 0.4) is 0 Å². The maximum Gasteiger partial charge on any atom is 0.253 e. The first-order valence-electron chi connectivity index (χ1n) is 10.0. The first kappa shape index (κ1) is 14.8. The van der Waals surface area contributed by atoms with Crippen molar-refractivity contribution >= 4 is 27.5 Å². The Kier molecular flexibility index (Phi) is 4.77. The average Bonchev–Trinajstić information content (AvgIpc) is 2.69. The molecular weight excluding hydrogens is 392 g/mol. The van der Waals surface area contributed by atoms with Crippen LogP contribution in [-0.2, 0) is 0 Å². The highest BCUT2D eigenvalue weighted by molar-refractivity contribution is 9.10. The molecule has 0 bridgehead atoms. The molecule has 1 amide bonds. The van der Waals surface area contributed by atoms with E-state index in [1.54, 1.807) is 48.5 Å². The molecule has 134 valence electrons. The normalized spacial score (nSPS) is 21.6. The van der Waals surface area contributed by atoms with Crippen molar-refractivity contribution in [3.8, 4) is 5.75 Å². The van der Waals surface area contributed by atoms with E-state index in [0.717, 1.165) is 4.90 Å². The SMILES string of the molecule is [2H]C([2H])([2H])N(C(=O)c1ccccc1)C1CCC(Oc2ccc([N+]#[C-])c(Br)c2)CC1. The second-order valence-corrected chi connectivity index (χ2v) is 7.17. The van der Waals surface area contributed by atoms with Gasteiger partial charge in [0.25, 0.3) is 5.91 Å². The first-order valence-corrected chi connectivity index (χ1v) is 9.31. The highest BCUT2D eigenvalue weighted by Gasteiger charge is 2.28. The minimum atomic E-state index is -2.49. The van der Waals surface area contributed by atoms with Crippen LogP contribution in [0.1, 0.15) is 40.2 Å². The van der Waals surface area contributed by atoms with Crippen LogP contribution in [0.5, 0.6) is 5.75 Å². The molecule has 0 atom stereocenters. The predicted octanol–water partition coefficient (Wildman–Crippen LogP) is 5.46. The van der Waals surface area contributed by atoms with Gasteiger partial charge < -0.3 is 9.64 Å². The van der Waals surface area contributed by atoms with E-state index in [1.165, 1.54) is 0 Å². The number of hydrogen-bond acceptors (Lipinski definition) is 2. The molecule has 1 aliphatic rings. The van der Waals surface area contributed by atoms with Crippen molar-refractivity contribution in [1.29, 1.82) is 0 Å². The van der Waals surface area contributed by atoms with Gasteiger partial charge in [0.1, 0.15) is 5.75 Å². The van der Waals surface area contributed by atoms with Gasteiger partial charge in [0.05, 0.1) is 12.7 Å². The van der Waals surface area contributed by atoms with Crippen molar-refractivity contribution in [1.82, 2.24) is 4.90 Å². The molecule has 2 aromatic rings. The van der Waals surface area contributed by atoms with Gasteiger partial charge in [0.15, 0.2) is 0 Å². The number of ether oxygens (including phenoxy) is 1. The Morgan fingerprint density at radius 3 is 2.58 bits per heavy atom. The number of carbonyl (C=O) groups excluding carboxylic acids is 1. The van der Waals surface area contributed by atoms with Crippen LogP contribution in [0.4, 0.5) is 5.69 Å². The van der Waals surface area contributed by atoms with E-state index in [4.69, 9.17) is 15.4 Å². The zero-order chi connectivity index (χ0) is 21.0. The molecule has 0 aromatic heterocycles. The first-order chi connectivity index (χ1) is 13.8. The number of nitrogens with zero attached hydrogens (tertiary/aromatic N) is 2. The second-order valence-electron chi connectivity index (χ2n) is 6.31. The molecular formula is C21H21BrN2O2. The Bertz CT molecular complexity index is 904. The van der Waals surface area contributed by atoms with E-state index < -0.39 is 12.9 Å². The summed E-state index contributed by atoms with van der Waals surface area (Å²) in [6, 6.07) is 13.4. The van der Waals surface area contributed by atoms with Crippen LogP contribution in [-0.4, -0.2) is 29.9 Å². The summed E-state index contributed by atoms with van der Waals surface area (Å²) in [4.78, 5) is 17.3. The number of rotatable bonds is 4. The molecule has 1 fully saturated rings. The van der Waals surface area contributed by atoms with Gasteiger partial charge in [-0.05, 0) is 49.9 Å². The fourth-order valence-corrected chi connectivity index (χ4v) is 3.60. The molecule has 5 heteroatoms. The van der Waals surface area contributed by atoms with Gasteiger partial charge in [-0.25, -0.2) is 4.85 Å². The van der Waals surface area contributed by atoms with Crippen molar-refractivity contribution in [2.75, 3.05) is 6.98 Å². The van der Waals surface area contributed by atoms with Crippen LogP contribution in [0.15, 0.2) is 53.0 Å². The number of hydrogen-bond donors (Lipinski definition) is 0. The lowest BCUT2D eigenvalue weighted by Gasteiger charge is -2.34. The van der Waals surface area contributed by atoms with Crippen molar-refractivity contribution in [3.05, 3.63) is 70.0 Å². The lowest BCUT2D eigenvalue weighted by molar-refractivity contribution is 0.0609. The summed E-state index contributed by atoms with van der Waals surface area (Å²) in [5.74, 6) is 0.203. The van der Waals surface area contributed by atoms with E-state index >= 15 is 0 Å². The molecule has 3 rings (SSSR count). The number of benzene rings is 2. The quantitative estimate of drug-likeness (QED) is 0.620. The van der Waals surface area contributed by atoms with Gasteiger partial charge in [-0.2, -0.15) is 0 Å². The number of halogens is 1. The van der Waals surface area contributed by atoms with Crippen LogP contribution < -0.4 is 4.74 Å². The summed E-state index contributed by atoms with van der Waals surface area (Å²) >= 11 is 3.36. The summed E-state index contributed by atoms with van der Waals surface area (Å²) in [6.07, 6.45) is 2.37. The summed E-state index contributed by atoms with van der Waals surface area (Å²) < 4.78 is 30.3. The third-order valence-electron chi connectivity index (χ3n) is 4.59. The van der Waals surface area contributed by atoms with E-state index in [1.807, 2.05) is 0 Å². The van der Waals surface area contributed by atoms with Crippen LogP contribution in [0.2, 0.25) is 0 Å². The van der Waals surface area contributed by atoms with Crippen LogP contribution >= 0.6 is 15.9 Å². The standard InChI is InChI=1S/C21H21BrN2O2/c1-23-20-13-12-18(14-19(20)22)26-17-10-8-16(9-11-17)24(2)21(25)15-6-4-3-5-7-15/h3-7,12-14,16-17H,8-11H2,2H3/i2D3. The van der Waals surface area contributed by atoms with E-state index in [-0.39, 0.29) is 12.1 Å². The van der Waals surface area contributed by atoms with Gasteiger partial charge in [0.2, 0.25) is 5.69 Å². The zero-order valence-electron chi connectivity index (χ0n) is 17.2. The molecule has 2 aromatic carbocycles. The lowest BCUT2D eigenvalue weighted by atomic mass is 9.91. The number of amides is 1. The highest BCUT2D eigenvalue weighted by Crippen LogP contribution is 2.32. The fraction of sp³-hybridized carbons (Fsp3) is 0.333. The second kappa shape index (κ2) is 8.37. The Hall–Kier alpha value is -2.32. The molecule has 0 heterocycles. The highest BCUT2D eigenvalue weighted by atomic mass is 79.9. The topological polar surface area (TPSA) is 33.9 Å². The van der Waals surface area contributed by atoms with Crippen LogP contribution in [0.25, 0.3) is 4.85 Å². The summed E-state index contributed by atoms with van der Waals surface area (Å²) in [7, 11) is 0. The van der Waals surface area contributed by atoms with Gasteiger partial charge in [0, 0.05) is 27.2 Å². The van der Waals surface area contributed by atoms with E-state index in [9.17, 15) is 4.79 Å². The molecule has 0 N–H and O–H groups in total. The maximum atomic E-state index is 12.9. The summed E-state index contributed by atoms with van der Waals surface area (Å²) in [5.41, 5.74) is 0.903. The molecule has 1 saturated carbocycles. The van der Waals surface area contributed by atoms with Gasteiger partial charge in [-0.1, -0.05) is 40.2 Å². The van der Waals surface area contributed by atoms with Gasteiger partial charge in [-0.3, -0.25) is 4.79 Å². The minimum Gasteiger partial charge on any atom is -0.491 e. The lowest BCUT2D eigenvalue weighted by Crippen LogP contribution is -2.41. The molecule has 0 radical (unpaired) electrons. The number of carbonyl (C=O) groups is 1. The summed E-state index contributed by atoms with van der Waals surface area (Å²) in [6.45, 7) is 4.60. The van der Waals surface area contributed by atoms with Crippen LogP contribution in [0, 0.1) is 6.57 Å². The predicted molar refractivity (Wildman–Crippen MR) is 106 cm³/mol. The van der Waals surface area contributed by atoms with E-state index in [0.29, 0.717) is 47.2 Å². The molecule has 0 spiro atoms. The van der Waals surface area contributed by atoms with Crippen molar-refractivity contribution in [2.24, 2.45) is 0 Å². The zero-order valence-corrected chi connectivity index (χ0v) is 15.8. The molecule has 0 aliphatic heterocycles. The molecule has 1 aliphatic carbocycles. The Morgan fingerprint density at radius 1 is 1.23 bits per heavy atom. The third-order valence-corrected chi connectivity index (χ3v) is 5.23. The van der Waals surface area contributed by atoms with Gasteiger partial charge in [-0.15, -0.1) is 0 Å². The molecule has 0 saturated heterocycles. The minimum absolute atomic E-state index is 0.0535. The smallest absolute Gasteiger partial charge is 0.253 e. The average molecular weight is 416 g/mol. The largest absolute Gasteiger partial charge is 0.491 e. The molecule has 0 unspecified atom stereocenters. The maximum absolute atomic E-state index is 12.9.